The van der Waals surface area contributed by atoms with E-state index >= 15 is 0 Å². The molecule has 1 unspecified atom stereocenters. The summed E-state index contributed by atoms with van der Waals surface area (Å²) >= 11 is 2.93. The van der Waals surface area contributed by atoms with Crippen LogP contribution in [0.2, 0.25) is 0 Å². The van der Waals surface area contributed by atoms with Crippen LogP contribution >= 0.6 is 15.9 Å². The largest absolute Gasteiger partial charge is 0.481 e. The number of carboxylic acids is 1. The van der Waals surface area contributed by atoms with Gasteiger partial charge >= 0.3 is 5.97 Å². The number of sulfonamides is 1. The Bertz CT molecular complexity index is 603. The molecule has 20 heavy (non-hydrogen) atoms. The zero-order chi connectivity index (χ0) is 15.5. The van der Waals surface area contributed by atoms with Gasteiger partial charge in [-0.25, -0.2) is 17.5 Å². The van der Waals surface area contributed by atoms with E-state index in [1.54, 1.807) is 13.8 Å². The van der Waals surface area contributed by atoms with Crippen LogP contribution in [-0.4, -0.2) is 26.0 Å². The second kappa shape index (κ2) is 6.64. The van der Waals surface area contributed by atoms with Crippen molar-refractivity contribution < 1.29 is 22.7 Å². The lowest BCUT2D eigenvalue weighted by Gasteiger charge is -2.16. The van der Waals surface area contributed by atoms with Crippen molar-refractivity contribution in [1.82, 2.24) is 4.72 Å². The predicted molar refractivity (Wildman–Crippen MR) is 75.3 cm³/mol. The summed E-state index contributed by atoms with van der Waals surface area (Å²) in [6, 6.07) is 3.39. The maximum absolute atomic E-state index is 13.3. The topological polar surface area (TPSA) is 83.5 Å². The van der Waals surface area contributed by atoms with Crippen molar-refractivity contribution in [2.45, 2.75) is 18.7 Å². The molecule has 2 N–H and O–H groups in total. The Morgan fingerprint density at radius 2 is 2.05 bits per heavy atom. The Morgan fingerprint density at radius 1 is 1.45 bits per heavy atom. The van der Waals surface area contributed by atoms with Crippen LogP contribution in [0.15, 0.2) is 27.6 Å². The molecule has 0 aromatic heterocycles. The van der Waals surface area contributed by atoms with Gasteiger partial charge in [0.1, 0.15) is 5.82 Å². The normalized spacial score (nSPS) is 13.4. The molecule has 1 aromatic carbocycles. The molecule has 0 heterocycles. The molecule has 0 fully saturated rings. The van der Waals surface area contributed by atoms with Crippen molar-refractivity contribution in [3.8, 4) is 0 Å². The Morgan fingerprint density at radius 3 is 2.50 bits per heavy atom. The van der Waals surface area contributed by atoms with Crippen molar-refractivity contribution in [2.24, 2.45) is 11.8 Å². The Kier molecular flexibility index (Phi) is 5.67. The van der Waals surface area contributed by atoms with E-state index in [2.05, 4.69) is 20.7 Å². The van der Waals surface area contributed by atoms with E-state index < -0.39 is 27.7 Å². The first-order valence-electron chi connectivity index (χ1n) is 5.82. The van der Waals surface area contributed by atoms with Crippen LogP contribution in [0.5, 0.6) is 0 Å². The summed E-state index contributed by atoms with van der Waals surface area (Å²) in [6.45, 7) is 3.13. The lowest BCUT2D eigenvalue weighted by atomic mass is 9.97. The molecule has 0 saturated carbocycles. The first-order chi connectivity index (χ1) is 9.15. The van der Waals surface area contributed by atoms with E-state index in [1.165, 1.54) is 12.1 Å². The summed E-state index contributed by atoms with van der Waals surface area (Å²) in [5.41, 5.74) is 0. The molecule has 112 valence electrons. The second-order valence-corrected chi connectivity index (χ2v) is 7.24. The van der Waals surface area contributed by atoms with Crippen LogP contribution < -0.4 is 4.72 Å². The number of aliphatic carboxylic acids is 1. The highest BCUT2D eigenvalue weighted by atomic mass is 79.9. The smallest absolute Gasteiger partial charge is 0.308 e. The zero-order valence-electron chi connectivity index (χ0n) is 10.9. The summed E-state index contributed by atoms with van der Waals surface area (Å²) in [5.74, 6) is -2.85. The van der Waals surface area contributed by atoms with Crippen molar-refractivity contribution in [3.05, 3.63) is 28.5 Å². The number of nitrogens with one attached hydrogen (secondary N) is 1. The number of carboxylic acid groups (broad SMARTS) is 1. The molecule has 0 aliphatic carbocycles. The maximum atomic E-state index is 13.3. The third-order valence-corrected chi connectivity index (χ3v) is 4.88. The highest BCUT2D eigenvalue weighted by Crippen LogP contribution is 2.19. The third kappa shape index (κ3) is 4.26. The molecular formula is C12H15BrFNO4S. The molecule has 1 aromatic rings. The van der Waals surface area contributed by atoms with Gasteiger partial charge in [0.2, 0.25) is 10.0 Å². The summed E-state index contributed by atoms with van der Waals surface area (Å²) < 4.78 is 39.6. The van der Waals surface area contributed by atoms with Gasteiger partial charge in [-0.05, 0) is 40.0 Å². The molecule has 0 amide bonds. The molecule has 0 aliphatic rings. The third-order valence-electron chi connectivity index (χ3n) is 2.82. The fraction of sp³-hybridized carbons (Fsp3) is 0.417. The van der Waals surface area contributed by atoms with Gasteiger partial charge in [-0.2, -0.15) is 0 Å². The van der Waals surface area contributed by atoms with E-state index in [-0.39, 0.29) is 21.8 Å². The average Bonchev–Trinajstić information content (AvgIpc) is 2.31. The highest BCUT2D eigenvalue weighted by molar-refractivity contribution is 9.10. The van der Waals surface area contributed by atoms with Crippen LogP contribution in [0.3, 0.4) is 0 Å². The summed E-state index contributed by atoms with van der Waals surface area (Å²) in [7, 11) is -3.94. The van der Waals surface area contributed by atoms with Gasteiger partial charge in [-0.3, -0.25) is 4.79 Å². The monoisotopic (exact) mass is 367 g/mol. The minimum Gasteiger partial charge on any atom is -0.481 e. The fourth-order valence-electron chi connectivity index (χ4n) is 1.53. The van der Waals surface area contributed by atoms with Crippen LogP contribution in [0.1, 0.15) is 13.8 Å². The molecule has 0 aliphatic heterocycles. The summed E-state index contributed by atoms with van der Waals surface area (Å²) in [5, 5.41) is 8.99. The molecule has 8 heteroatoms. The Hall–Kier alpha value is -0.990. The van der Waals surface area contributed by atoms with E-state index in [9.17, 15) is 17.6 Å². The number of carbonyl (C=O) groups is 1. The lowest BCUT2D eigenvalue weighted by Crippen LogP contribution is -2.35. The standard InChI is InChI=1S/C12H15BrFNO4S/c1-7(2)9(12(16)17)6-15-20(18,19)8-3-4-10(13)11(14)5-8/h3-5,7,9,15H,6H2,1-2H3,(H,16,17). The van der Waals surface area contributed by atoms with Crippen LogP contribution in [0, 0.1) is 17.7 Å². The molecular weight excluding hydrogens is 353 g/mol. The van der Waals surface area contributed by atoms with Crippen molar-refractivity contribution >= 4 is 31.9 Å². The van der Waals surface area contributed by atoms with Gasteiger partial charge in [-0.15, -0.1) is 0 Å². The SMILES string of the molecule is CC(C)C(CNS(=O)(=O)c1ccc(Br)c(F)c1)C(=O)O. The van der Waals surface area contributed by atoms with Crippen molar-refractivity contribution in [3.63, 3.8) is 0 Å². The lowest BCUT2D eigenvalue weighted by molar-refractivity contribution is -0.142. The number of benzene rings is 1. The van der Waals surface area contributed by atoms with E-state index in [4.69, 9.17) is 5.11 Å². The fourth-order valence-corrected chi connectivity index (χ4v) is 2.85. The van der Waals surface area contributed by atoms with Gasteiger partial charge in [0.15, 0.2) is 0 Å². The minimum absolute atomic E-state index is 0.155. The second-order valence-electron chi connectivity index (χ2n) is 4.62. The summed E-state index contributed by atoms with van der Waals surface area (Å²) in [4.78, 5) is 10.7. The molecule has 1 atom stereocenters. The number of rotatable bonds is 6. The molecule has 5 nitrogen and oxygen atoms in total. The minimum atomic E-state index is -3.94. The number of hydrogen-bond donors (Lipinski definition) is 2. The number of hydrogen-bond acceptors (Lipinski definition) is 3. The average molecular weight is 368 g/mol. The van der Waals surface area contributed by atoms with Gasteiger partial charge in [0.25, 0.3) is 0 Å². The molecule has 0 bridgehead atoms. The van der Waals surface area contributed by atoms with E-state index in [0.717, 1.165) is 6.07 Å². The van der Waals surface area contributed by atoms with Crippen LogP contribution in [0.25, 0.3) is 0 Å². The van der Waals surface area contributed by atoms with Crippen LogP contribution in [0.4, 0.5) is 4.39 Å². The summed E-state index contributed by atoms with van der Waals surface area (Å²) in [6.07, 6.45) is 0. The van der Waals surface area contributed by atoms with E-state index in [1.807, 2.05) is 0 Å². The highest BCUT2D eigenvalue weighted by Gasteiger charge is 2.24. The van der Waals surface area contributed by atoms with Crippen molar-refractivity contribution in [1.29, 1.82) is 0 Å². The van der Waals surface area contributed by atoms with Gasteiger partial charge < -0.3 is 5.11 Å². The van der Waals surface area contributed by atoms with Gasteiger partial charge in [-0.1, -0.05) is 13.8 Å². The first kappa shape index (κ1) is 17.1. The quantitative estimate of drug-likeness (QED) is 0.807. The van der Waals surface area contributed by atoms with Gasteiger partial charge in [0, 0.05) is 6.54 Å². The van der Waals surface area contributed by atoms with E-state index in [0.29, 0.717) is 0 Å². The first-order valence-corrected chi connectivity index (χ1v) is 8.10. The molecule has 0 spiro atoms. The van der Waals surface area contributed by atoms with Crippen LogP contribution in [-0.2, 0) is 14.8 Å². The zero-order valence-corrected chi connectivity index (χ0v) is 13.3. The Labute approximate surface area is 125 Å². The number of halogens is 2. The molecule has 0 saturated heterocycles. The Balaban J connectivity index is 2.89. The predicted octanol–water partition coefficient (Wildman–Crippen LogP) is 2.22. The molecule has 1 rings (SSSR count). The van der Waals surface area contributed by atoms with Gasteiger partial charge in [0.05, 0.1) is 15.3 Å². The maximum Gasteiger partial charge on any atom is 0.308 e. The van der Waals surface area contributed by atoms with Crippen molar-refractivity contribution in [2.75, 3.05) is 6.54 Å². The molecule has 0 radical (unpaired) electrons.